The van der Waals surface area contributed by atoms with E-state index in [4.69, 9.17) is 11.0 Å². The molecule has 0 radical (unpaired) electrons. The van der Waals surface area contributed by atoms with E-state index < -0.39 is 5.82 Å². The molecule has 0 heterocycles. The summed E-state index contributed by atoms with van der Waals surface area (Å²) in [6, 6.07) is 6.59. The van der Waals surface area contributed by atoms with Crippen molar-refractivity contribution in [2.45, 2.75) is 12.3 Å². The summed E-state index contributed by atoms with van der Waals surface area (Å²) in [5.41, 5.74) is 6.69. The van der Waals surface area contributed by atoms with E-state index in [1.54, 1.807) is 12.1 Å². The van der Waals surface area contributed by atoms with E-state index in [1.165, 1.54) is 6.07 Å². The van der Waals surface area contributed by atoms with Crippen molar-refractivity contribution in [2.24, 2.45) is 11.7 Å². The Morgan fingerprint density at radius 3 is 2.93 bits per heavy atom. The molecule has 1 aliphatic carbocycles. The molecule has 0 aliphatic heterocycles. The molecule has 0 amide bonds. The summed E-state index contributed by atoms with van der Waals surface area (Å²) in [6.45, 7) is 0.671. The van der Waals surface area contributed by atoms with Crippen LogP contribution in [0, 0.1) is 23.1 Å². The first kappa shape index (κ1) is 9.17. The molecule has 1 aliphatic rings. The molecule has 0 bridgehead atoms. The standard InChI is InChI=1S/C11H11FN2/c12-11-2-1-7(3-9(11)6-14)10-4-8(10)5-13/h1-3,8,10H,4-5,13H2. The van der Waals surface area contributed by atoms with Gasteiger partial charge in [-0.3, -0.25) is 0 Å². The molecule has 0 saturated heterocycles. The van der Waals surface area contributed by atoms with Crippen LogP contribution >= 0.6 is 0 Å². The predicted octanol–water partition coefficient (Wildman–Crippen LogP) is 1.76. The van der Waals surface area contributed by atoms with Crippen LogP contribution in [0.25, 0.3) is 0 Å². The Morgan fingerprint density at radius 1 is 1.57 bits per heavy atom. The lowest BCUT2D eigenvalue weighted by molar-refractivity contribution is 0.622. The third kappa shape index (κ3) is 1.49. The Labute approximate surface area is 82.1 Å². The van der Waals surface area contributed by atoms with Gasteiger partial charge in [-0.05, 0) is 42.5 Å². The minimum absolute atomic E-state index is 0.130. The molecule has 1 saturated carbocycles. The average molecular weight is 190 g/mol. The summed E-state index contributed by atoms with van der Waals surface area (Å²) in [4.78, 5) is 0. The first-order valence-corrected chi connectivity index (χ1v) is 4.66. The second kappa shape index (κ2) is 3.39. The highest BCUT2D eigenvalue weighted by atomic mass is 19.1. The molecule has 2 nitrogen and oxygen atoms in total. The van der Waals surface area contributed by atoms with E-state index >= 15 is 0 Å². The molecule has 0 aromatic heterocycles. The highest BCUT2D eigenvalue weighted by Crippen LogP contribution is 2.46. The van der Waals surface area contributed by atoms with E-state index in [1.807, 2.05) is 6.07 Å². The summed E-state index contributed by atoms with van der Waals surface area (Å²) in [5, 5.41) is 8.65. The topological polar surface area (TPSA) is 49.8 Å². The molecule has 1 fully saturated rings. The van der Waals surface area contributed by atoms with Gasteiger partial charge in [-0.25, -0.2) is 4.39 Å². The number of nitriles is 1. The molecule has 1 aromatic carbocycles. The van der Waals surface area contributed by atoms with Gasteiger partial charge < -0.3 is 5.73 Å². The maximum absolute atomic E-state index is 13.0. The Morgan fingerprint density at radius 2 is 2.36 bits per heavy atom. The monoisotopic (exact) mass is 190 g/mol. The molecule has 2 rings (SSSR count). The number of rotatable bonds is 2. The molecule has 72 valence electrons. The Kier molecular flexibility index (Phi) is 2.22. The number of nitrogens with zero attached hydrogens (tertiary/aromatic N) is 1. The highest BCUT2D eigenvalue weighted by Gasteiger charge is 2.37. The third-order valence-electron chi connectivity index (χ3n) is 2.76. The van der Waals surface area contributed by atoms with E-state index in [0.29, 0.717) is 18.4 Å². The zero-order valence-electron chi connectivity index (χ0n) is 7.70. The van der Waals surface area contributed by atoms with E-state index in [0.717, 1.165) is 12.0 Å². The SMILES string of the molecule is N#Cc1cc(C2CC2CN)ccc1F. The fraction of sp³-hybridized carbons (Fsp3) is 0.364. The van der Waals surface area contributed by atoms with Crippen LogP contribution in [-0.4, -0.2) is 6.54 Å². The third-order valence-corrected chi connectivity index (χ3v) is 2.76. The van der Waals surface area contributed by atoms with Gasteiger partial charge in [-0.15, -0.1) is 0 Å². The lowest BCUT2D eigenvalue weighted by atomic mass is 10.1. The van der Waals surface area contributed by atoms with Crippen molar-refractivity contribution in [3.8, 4) is 6.07 Å². The molecule has 1 aromatic rings. The van der Waals surface area contributed by atoms with Gasteiger partial charge >= 0.3 is 0 Å². The number of benzene rings is 1. The lowest BCUT2D eigenvalue weighted by Crippen LogP contribution is -2.02. The fourth-order valence-electron chi connectivity index (χ4n) is 1.78. The average Bonchev–Trinajstić information content (AvgIpc) is 2.98. The van der Waals surface area contributed by atoms with Gasteiger partial charge in [0.05, 0.1) is 5.56 Å². The minimum Gasteiger partial charge on any atom is -0.330 e. The van der Waals surface area contributed by atoms with Gasteiger partial charge in [-0.1, -0.05) is 6.07 Å². The Bertz CT molecular complexity index is 395. The molecular formula is C11H11FN2. The van der Waals surface area contributed by atoms with Crippen LogP contribution in [0.3, 0.4) is 0 Å². The molecular weight excluding hydrogens is 179 g/mol. The van der Waals surface area contributed by atoms with Gasteiger partial charge in [-0.2, -0.15) is 5.26 Å². The Balaban J connectivity index is 2.25. The zero-order chi connectivity index (χ0) is 10.1. The van der Waals surface area contributed by atoms with Crippen LogP contribution in [-0.2, 0) is 0 Å². The number of hydrogen-bond donors (Lipinski definition) is 1. The summed E-state index contributed by atoms with van der Waals surface area (Å²) < 4.78 is 13.0. The van der Waals surface area contributed by atoms with Crippen LogP contribution < -0.4 is 5.73 Å². The van der Waals surface area contributed by atoms with Crippen LogP contribution in [0.1, 0.15) is 23.5 Å². The summed E-state index contributed by atoms with van der Waals surface area (Å²) in [6.07, 6.45) is 1.06. The second-order valence-electron chi connectivity index (χ2n) is 3.69. The largest absolute Gasteiger partial charge is 0.330 e. The van der Waals surface area contributed by atoms with E-state index in [2.05, 4.69) is 0 Å². The van der Waals surface area contributed by atoms with Crippen molar-refractivity contribution < 1.29 is 4.39 Å². The van der Waals surface area contributed by atoms with Crippen molar-refractivity contribution in [1.29, 1.82) is 5.26 Å². The lowest BCUT2D eigenvalue weighted by Gasteiger charge is -2.00. The molecule has 2 unspecified atom stereocenters. The van der Waals surface area contributed by atoms with Crippen molar-refractivity contribution in [1.82, 2.24) is 0 Å². The fourth-order valence-corrected chi connectivity index (χ4v) is 1.78. The smallest absolute Gasteiger partial charge is 0.140 e. The van der Waals surface area contributed by atoms with Crippen LogP contribution in [0.4, 0.5) is 4.39 Å². The molecule has 3 heteroatoms. The van der Waals surface area contributed by atoms with Gasteiger partial charge in [0.1, 0.15) is 11.9 Å². The highest BCUT2D eigenvalue weighted by molar-refractivity contribution is 5.38. The van der Waals surface area contributed by atoms with Gasteiger partial charge in [0.2, 0.25) is 0 Å². The second-order valence-corrected chi connectivity index (χ2v) is 3.69. The molecule has 14 heavy (non-hydrogen) atoms. The van der Waals surface area contributed by atoms with Gasteiger partial charge in [0, 0.05) is 0 Å². The van der Waals surface area contributed by atoms with Crippen molar-refractivity contribution in [2.75, 3.05) is 6.54 Å². The number of halogens is 1. The van der Waals surface area contributed by atoms with Gasteiger partial charge in [0.25, 0.3) is 0 Å². The van der Waals surface area contributed by atoms with Crippen molar-refractivity contribution >= 4 is 0 Å². The Hall–Kier alpha value is -1.40. The van der Waals surface area contributed by atoms with E-state index in [-0.39, 0.29) is 5.56 Å². The molecule has 2 N–H and O–H groups in total. The van der Waals surface area contributed by atoms with Crippen LogP contribution in [0.15, 0.2) is 18.2 Å². The van der Waals surface area contributed by atoms with E-state index in [9.17, 15) is 4.39 Å². The normalized spacial score (nSPS) is 24.4. The van der Waals surface area contributed by atoms with Crippen molar-refractivity contribution in [3.63, 3.8) is 0 Å². The van der Waals surface area contributed by atoms with Crippen molar-refractivity contribution in [3.05, 3.63) is 35.1 Å². The minimum atomic E-state index is -0.443. The van der Waals surface area contributed by atoms with Gasteiger partial charge in [0.15, 0.2) is 0 Å². The summed E-state index contributed by atoms with van der Waals surface area (Å²) >= 11 is 0. The van der Waals surface area contributed by atoms with Crippen LogP contribution in [0.5, 0.6) is 0 Å². The summed E-state index contributed by atoms with van der Waals surface area (Å²) in [7, 11) is 0. The zero-order valence-corrected chi connectivity index (χ0v) is 7.70. The number of nitrogens with two attached hydrogens (primary N) is 1. The first-order chi connectivity index (χ1) is 6.76. The molecule has 0 spiro atoms. The molecule has 2 atom stereocenters. The first-order valence-electron chi connectivity index (χ1n) is 4.66. The summed E-state index contributed by atoms with van der Waals surface area (Å²) in [5.74, 6) is 0.515. The predicted molar refractivity (Wildman–Crippen MR) is 51.0 cm³/mol. The maximum atomic E-state index is 13.0. The van der Waals surface area contributed by atoms with Crippen LogP contribution in [0.2, 0.25) is 0 Å². The maximum Gasteiger partial charge on any atom is 0.140 e. The quantitative estimate of drug-likeness (QED) is 0.772. The number of hydrogen-bond acceptors (Lipinski definition) is 2.